The fourth-order valence-corrected chi connectivity index (χ4v) is 2.98. The Labute approximate surface area is 131 Å². The fourth-order valence-electron chi connectivity index (χ4n) is 2.36. The van der Waals surface area contributed by atoms with E-state index in [0.29, 0.717) is 13.2 Å². The lowest BCUT2D eigenvalue weighted by Crippen LogP contribution is -2.04. The van der Waals surface area contributed by atoms with Crippen LogP contribution in [0.2, 0.25) is 0 Å². The zero-order valence-corrected chi connectivity index (χ0v) is 13.3. The zero-order valence-electron chi connectivity index (χ0n) is 11.7. The highest BCUT2D eigenvalue weighted by Crippen LogP contribution is 2.28. The van der Waals surface area contributed by atoms with Crippen molar-refractivity contribution in [2.75, 3.05) is 0 Å². The molecule has 5 heteroatoms. The van der Waals surface area contributed by atoms with Crippen LogP contribution in [-0.2, 0) is 13.2 Å². The van der Waals surface area contributed by atoms with Crippen molar-refractivity contribution in [2.45, 2.75) is 20.1 Å². The third-order valence-corrected chi connectivity index (χ3v) is 3.77. The highest BCUT2D eigenvalue weighted by Gasteiger charge is 2.09. The highest BCUT2D eigenvalue weighted by atomic mass is 79.9. The van der Waals surface area contributed by atoms with E-state index in [1.54, 1.807) is 0 Å². The minimum atomic E-state index is 0.428. The summed E-state index contributed by atoms with van der Waals surface area (Å²) >= 11 is 3.48. The molecule has 4 nitrogen and oxygen atoms in total. The summed E-state index contributed by atoms with van der Waals surface area (Å²) in [5, 5.41) is 0. The first-order chi connectivity index (χ1) is 10.2. The average Bonchev–Trinajstić information content (AvgIpc) is 2.88. The number of nitrogens with two attached hydrogens (primary N) is 1. The number of ether oxygens (including phenoxy) is 1. The Kier molecular flexibility index (Phi) is 3.94. The van der Waals surface area contributed by atoms with Gasteiger partial charge in [-0.3, -0.25) is 0 Å². The topological polar surface area (TPSA) is 52.5 Å². The van der Waals surface area contributed by atoms with Gasteiger partial charge in [0.25, 0.3) is 0 Å². The maximum absolute atomic E-state index is 5.95. The zero-order chi connectivity index (χ0) is 14.8. The lowest BCUT2D eigenvalue weighted by molar-refractivity contribution is 0.297. The molecule has 2 N–H and O–H groups in total. The molecule has 2 aromatic heterocycles. The van der Waals surface area contributed by atoms with Crippen molar-refractivity contribution >= 4 is 21.6 Å². The predicted molar refractivity (Wildman–Crippen MR) is 86.3 cm³/mol. The van der Waals surface area contributed by atoms with E-state index in [2.05, 4.69) is 20.9 Å². The summed E-state index contributed by atoms with van der Waals surface area (Å²) in [6, 6.07) is 9.94. The molecule has 0 aliphatic heterocycles. The van der Waals surface area contributed by atoms with E-state index in [0.717, 1.165) is 32.7 Å². The van der Waals surface area contributed by atoms with Crippen LogP contribution in [0, 0.1) is 6.92 Å². The second-order valence-corrected chi connectivity index (χ2v) is 5.82. The Morgan fingerprint density at radius 2 is 2.19 bits per heavy atom. The van der Waals surface area contributed by atoms with E-state index in [1.807, 2.05) is 54.0 Å². The van der Waals surface area contributed by atoms with Gasteiger partial charge < -0.3 is 14.9 Å². The number of halogens is 1. The van der Waals surface area contributed by atoms with Gasteiger partial charge in [0.2, 0.25) is 0 Å². The number of aromatic nitrogens is 2. The molecule has 0 amide bonds. The molecule has 0 unspecified atom stereocenters. The Morgan fingerprint density at radius 3 is 2.95 bits per heavy atom. The van der Waals surface area contributed by atoms with Gasteiger partial charge in [-0.15, -0.1) is 0 Å². The van der Waals surface area contributed by atoms with E-state index in [-0.39, 0.29) is 0 Å². The molecule has 3 rings (SSSR count). The quantitative estimate of drug-likeness (QED) is 0.787. The number of hydrogen-bond donors (Lipinski definition) is 1. The lowest BCUT2D eigenvalue weighted by Gasteiger charge is -2.13. The summed E-state index contributed by atoms with van der Waals surface area (Å²) in [7, 11) is 0. The first kappa shape index (κ1) is 14.1. The van der Waals surface area contributed by atoms with Crippen LogP contribution in [0.5, 0.6) is 5.75 Å². The second-order valence-electron chi connectivity index (χ2n) is 4.90. The Morgan fingerprint density at radius 1 is 1.33 bits per heavy atom. The van der Waals surface area contributed by atoms with Crippen molar-refractivity contribution in [3.63, 3.8) is 0 Å². The molecular weight excluding hydrogens is 330 g/mol. The van der Waals surface area contributed by atoms with Crippen LogP contribution in [0.15, 0.2) is 47.2 Å². The SMILES string of the molecule is Cc1cc(Br)cc(CN)c1OCc1cn2ccccc2n1. The van der Waals surface area contributed by atoms with Gasteiger partial charge in [0.05, 0.1) is 5.69 Å². The third kappa shape index (κ3) is 2.94. The molecule has 3 aromatic rings. The van der Waals surface area contributed by atoms with Gasteiger partial charge in [-0.2, -0.15) is 0 Å². The summed E-state index contributed by atoms with van der Waals surface area (Å²) in [6.45, 7) is 2.89. The van der Waals surface area contributed by atoms with Gasteiger partial charge in [-0.25, -0.2) is 4.98 Å². The highest BCUT2D eigenvalue weighted by molar-refractivity contribution is 9.10. The van der Waals surface area contributed by atoms with Gasteiger partial charge in [-0.05, 0) is 36.8 Å². The van der Waals surface area contributed by atoms with Crippen molar-refractivity contribution in [2.24, 2.45) is 5.73 Å². The summed E-state index contributed by atoms with van der Waals surface area (Å²) in [6.07, 6.45) is 3.95. The van der Waals surface area contributed by atoms with Gasteiger partial charge in [0.15, 0.2) is 0 Å². The maximum Gasteiger partial charge on any atom is 0.137 e. The smallest absolute Gasteiger partial charge is 0.137 e. The Balaban J connectivity index is 1.84. The monoisotopic (exact) mass is 345 g/mol. The molecule has 0 saturated carbocycles. The van der Waals surface area contributed by atoms with Gasteiger partial charge >= 0.3 is 0 Å². The number of fused-ring (bicyclic) bond motifs is 1. The molecule has 0 aliphatic rings. The number of hydrogen-bond acceptors (Lipinski definition) is 3. The molecule has 1 aromatic carbocycles. The molecule has 0 spiro atoms. The van der Waals surface area contributed by atoms with E-state index < -0.39 is 0 Å². The number of nitrogens with zero attached hydrogens (tertiary/aromatic N) is 2. The number of aryl methyl sites for hydroxylation is 1. The van der Waals surface area contributed by atoms with Crippen molar-refractivity contribution in [1.29, 1.82) is 0 Å². The maximum atomic E-state index is 5.95. The third-order valence-electron chi connectivity index (χ3n) is 3.31. The van der Waals surface area contributed by atoms with Gasteiger partial charge in [0.1, 0.15) is 18.0 Å². The van der Waals surface area contributed by atoms with E-state index >= 15 is 0 Å². The van der Waals surface area contributed by atoms with Crippen molar-refractivity contribution < 1.29 is 4.74 Å². The number of imidazole rings is 1. The van der Waals surface area contributed by atoms with Crippen LogP contribution in [0.25, 0.3) is 5.65 Å². The van der Waals surface area contributed by atoms with Crippen LogP contribution in [-0.4, -0.2) is 9.38 Å². The summed E-state index contributed by atoms with van der Waals surface area (Å²) in [4.78, 5) is 4.53. The normalized spacial score (nSPS) is 11.0. The van der Waals surface area contributed by atoms with Crippen LogP contribution in [0.1, 0.15) is 16.8 Å². The van der Waals surface area contributed by atoms with E-state index in [1.165, 1.54) is 0 Å². The van der Waals surface area contributed by atoms with E-state index in [4.69, 9.17) is 10.5 Å². The molecule has 0 radical (unpaired) electrons. The molecule has 108 valence electrons. The molecule has 0 bridgehead atoms. The summed E-state index contributed by atoms with van der Waals surface area (Å²) in [5.41, 5.74) is 9.67. The van der Waals surface area contributed by atoms with Crippen LogP contribution >= 0.6 is 15.9 Å². The standard InChI is InChI=1S/C16H16BrN3O/c1-11-6-13(17)7-12(8-18)16(11)21-10-14-9-20-5-3-2-4-15(20)19-14/h2-7,9H,8,10,18H2,1H3. The lowest BCUT2D eigenvalue weighted by atomic mass is 10.1. The van der Waals surface area contributed by atoms with Crippen molar-refractivity contribution in [1.82, 2.24) is 9.38 Å². The molecule has 0 aliphatic carbocycles. The van der Waals surface area contributed by atoms with Gasteiger partial charge in [-0.1, -0.05) is 22.0 Å². The van der Waals surface area contributed by atoms with Crippen LogP contribution in [0.4, 0.5) is 0 Å². The van der Waals surface area contributed by atoms with Gasteiger partial charge in [0, 0.05) is 29.0 Å². The van der Waals surface area contributed by atoms with Crippen molar-refractivity contribution in [3.05, 3.63) is 64.0 Å². The molecule has 0 atom stereocenters. The molecule has 2 heterocycles. The Bertz CT molecular complexity index is 749. The minimum absolute atomic E-state index is 0.428. The fraction of sp³-hybridized carbons (Fsp3) is 0.188. The van der Waals surface area contributed by atoms with Crippen molar-refractivity contribution in [3.8, 4) is 5.75 Å². The molecular formula is C16H16BrN3O. The molecule has 0 saturated heterocycles. The predicted octanol–water partition coefficient (Wildman–Crippen LogP) is 3.44. The molecule has 0 fully saturated rings. The number of benzene rings is 1. The Hall–Kier alpha value is -1.85. The number of pyridine rings is 1. The second kappa shape index (κ2) is 5.87. The number of rotatable bonds is 4. The summed E-state index contributed by atoms with van der Waals surface area (Å²) in [5.74, 6) is 0.845. The first-order valence-electron chi connectivity index (χ1n) is 6.72. The van der Waals surface area contributed by atoms with Crippen LogP contribution in [0.3, 0.4) is 0 Å². The minimum Gasteiger partial charge on any atom is -0.487 e. The molecule has 21 heavy (non-hydrogen) atoms. The summed E-state index contributed by atoms with van der Waals surface area (Å²) < 4.78 is 8.95. The largest absolute Gasteiger partial charge is 0.487 e. The average molecular weight is 346 g/mol. The van der Waals surface area contributed by atoms with E-state index in [9.17, 15) is 0 Å². The van der Waals surface area contributed by atoms with Crippen LogP contribution < -0.4 is 10.5 Å². The first-order valence-corrected chi connectivity index (χ1v) is 7.51.